The number of aromatic nitrogens is 2. The number of nitrogens with one attached hydrogen (secondary N) is 1. The maximum atomic E-state index is 13.2. The lowest BCUT2D eigenvalue weighted by Crippen LogP contribution is -2.12. The third-order valence-electron chi connectivity index (χ3n) is 3.51. The lowest BCUT2D eigenvalue weighted by Gasteiger charge is -2.15. The summed E-state index contributed by atoms with van der Waals surface area (Å²) < 4.78 is 28.2. The minimum absolute atomic E-state index is 0.132. The van der Waals surface area contributed by atoms with Gasteiger partial charge in [0.2, 0.25) is 0 Å². The van der Waals surface area contributed by atoms with E-state index in [9.17, 15) is 8.78 Å². The number of para-hydroxylation sites is 2. The van der Waals surface area contributed by atoms with Gasteiger partial charge in [0.1, 0.15) is 5.82 Å². The summed E-state index contributed by atoms with van der Waals surface area (Å²) in [7, 11) is 1.94. The van der Waals surface area contributed by atoms with E-state index in [2.05, 4.69) is 10.3 Å². The van der Waals surface area contributed by atoms with Crippen LogP contribution in [-0.4, -0.2) is 9.55 Å². The van der Waals surface area contributed by atoms with Crippen LogP contribution in [0.15, 0.2) is 42.5 Å². The first-order valence-corrected chi connectivity index (χ1v) is 6.69. The number of rotatable bonds is 3. The van der Waals surface area contributed by atoms with E-state index < -0.39 is 11.6 Å². The van der Waals surface area contributed by atoms with Gasteiger partial charge in [-0.2, -0.15) is 0 Å². The molecule has 0 saturated heterocycles. The molecule has 0 radical (unpaired) electrons. The molecule has 1 aromatic heterocycles. The van der Waals surface area contributed by atoms with Crippen molar-refractivity contribution < 1.29 is 8.78 Å². The van der Waals surface area contributed by atoms with Crippen LogP contribution in [0.3, 0.4) is 0 Å². The van der Waals surface area contributed by atoms with Crippen LogP contribution >= 0.6 is 0 Å². The second-order valence-electron chi connectivity index (χ2n) is 5.01. The highest BCUT2D eigenvalue weighted by Gasteiger charge is 2.14. The highest BCUT2D eigenvalue weighted by molar-refractivity contribution is 5.76. The van der Waals surface area contributed by atoms with Crippen molar-refractivity contribution in [3.63, 3.8) is 0 Å². The third-order valence-corrected chi connectivity index (χ3v) is 3.51. The quantitative estimate of drug-likeness (QED) is 0.788. The van der Waals surface area contributed by atoms with Gasteiger partial charge in [-0.15, -0.1) is 0 Å². The number of hydrogen-bond acceptors (Lipinski definition) is 2. The molecular formula is C16H15F2N3. The van der Waals surface area contributed by atoms with Gasteiger partial charge in [0.15, 0.2) is 11.6 Å². The maximum Gasteiger partial charge on any atom is 0.160 e. The summed E-state index contributed by atoms with van der Waals surface area (Å²) in [6, 6.07) is 11.5. The molecule has 0 spiro atoms. The van der Waals surface area contributed by atoms with Crippen molar-refractivity contribution in [1.29, 1.82) is 0 Å². The Morgan fingerprint density at radius 2 is 1.86 bits per heavy atom. The molecule has 3 rings (SSSR count). The van der Waals surface area contributed by atoms with Crippen molar-refractivity contribution in [2.24, 2.45) is 7.05 Å². The van der Waals surface area contributed by atoms with Gasteiger partial charge in [-0.05, 0) is 31.2 Å². The van der Waals surface area contributed by atoms with Crippen LogP contribution in [-0.2, 0) is 7.05 Å². The Bertz CT molecular complexity index is 795. The summed E-state index contributed by atoms with van der Waals surface area (Å²) in [6.07, 6.45) is 0. The molecule has 5 heteroatoms. The van der Waals surface area contributed by atoms with Crippen molar-refractivity contribution in [2.75, 3.05) is 5.32 Å². The predicted octanol–water partition coefficient (Wildman–Crippen LogP) is 4.02. The van der Waals surface area contributed by atoms with E-state index in [0.29, 0.717) is 5.69 Å². The first kappa shape index (κ1) is 13.5. The molecule has 3 aromatic rings. The standard InChI is InChI=1S/C16H15F2N3/c1-10(19-11-7-8-12(17)13(18)9-11)16-20-14-5-3-4-6-15(14)21(16)2/h3-10,19H,1-2H3. The van der Waals surface area contributed by atoms with Crippen LogP contribution in [0.25, 0.3) is 11.0 Å². The molecule has 0 aliphatic rings. The summed E-state index contributed by atoms with van der Waals surface area (Å²) in [5, 5.41) is 3.14. The number of hydrogen-bond donors (Lipinski definition) is 1. The third kappa shape index (κ3) is 2.46. The number of halogens is 2. The topological polar surface area (TPSA) is 29.9 Å². The number of aryl methyl sites for hydroxylation is 1. The lowest BCUT2D eigenvalue weighted by molar-refractivity contribution is 0.509. The molecule has 1 atom stereocenters. The average Bonchev–Trinajstić information content (AvgIpc) is 2.81. The van der Waals surface area contributed by atoms with E-state index in [1.165, 1.54) is 6.07 Å². The van der Waals surface area contributed by atoms with Crippen LogP contribution in [0.4, 0.5) is 14.5 Å². The fourth-order valence-electron chi connectivity index (χ4n) is 2.45. The van der Waals surface area contributed by atoms with Gasteiger partial charge in [0.25, 0.3) is 0 Å². The van der Waals surface area contributed by atoms with E-state index in [0.717, 1.165) is 29.0 Å². The van der Waals surface area contributed by atoms with Gasteiger partial charge in [-0.3, -0.25) is 0 Å². The number of fused-ring (bicyclic) bond motifs is 1. The van der Waals surface area contributed by atoms with Gasteiger partial charge in [0, 0.05) is 18.8 Å². The van der Waals surface area contributed by atoms with Crippen LogP contribution < -0.4 is 5.32 Å². The van der Waals surface area contributed by atoms with Crippen LogP contribution in [0, 0.1) is 11.6 Å². The zero-order valence-corrected chi connectivity index (χ0v) is 11.8. The fourth-order valence-corrected chi connectivity index (χ4v) is 2.45. The van der Waals surface area contributed by atoms with E-state index >= 15 is 0 Å². The largest absolute Gasteiger partial charge is 0.375 e. The minimum Gasteiger partial charge on any atom is -0.375 e. The molecule has 108 valence electrons. The SMILES string of the molecule is CC(Nc1ccc(F)c(F)c1)c1nc2ccccc2n1C. The van der Waals surface area contributed by atoms with Gasteiger partial charge in [-0.25, -0.2) is 13.8 Å². The summed E-state index contributed by atoms with van der Waals surface area (Å²) >= 11 is 0. The van der Waals surface area contributed by atoms with Crippen molar-refractivity contribution in [3.8, 4) is 0 Å². The molecule has 0 bridgehead atoms. The molecule has 3 nitrogen and oxygen atoms in total. The van der Waals surface area contributed by atoms with Crippen LogP contribution in [0.5, 0.6) is 0 Å². The highest BCUT2D eigenvalue weighted by atomic mass is 19.2. The molecule has 0 saturated carbocycles. The number of benzene rings is 2. The molecule has 0 amide bonds. The summed E-state index contributed by atoms with van der Waals surface area (Å²) in [5.41, 5.74) is 2.47. The molecule has 1 heterocycles. The molecule has 2 aromatic carbocycles. The number of anilines is 1. The van der Waals surface area contributed by atoms with E-state index in [4.69, 9.17) is 0 Å². The van der Waals surface area contributed by atoms with E-state index in [1.54, 1.807) is 0 Å². The molecule has 1 N–H and O–H groups in total. The maximum absolute atomic E-state index is 13.2. The highest BCUT2D eigenvalue weighted by Crippen LogP contribution is 2.23. The number of imidazole rings is 1. The van der Waals surface area contributed by atoms with E-state index in [1.807, 2.05) is 42.8 Å². The lowest BCUT2D eigenvalue weighted by atomic mass is 10.2. The Labute approximate surface area is 121 Å². The second-order valence-corrected chi connectivity index (χ2v) is 5.01. The Morgan fingerprint density at radius 3 is 2.57 bits per heavy atom. The number of nitrogens with zero attached hydrogens (tertiary/aromatic N) is 2. The van der Waals surface area contributed by atoms with E-state index in [-0.39, 0.29) is 6.04 Å². The minimum atomic E-state index is -0.864. The van der Waals surface area contributed by atoms with Gasteiger partial charge >= 0.3 is 0 Å². The Balaban J connectivity index is 1.91. The van der Waals surface area contributed by atoms with Gasteiger partial charge in [0.05, 0.1) is 17.1 Å². The van der Waals surface area contributed by atoms with Gasteiger partial charge < -0.3 is 9.88 Å². The Hall–Kier alpha value is -2.43. The zero-order valence-electron chi connectivity index (χ0n) is 11.8. The second kappa shape index (κ2) is 5.16. The summed E-state index contributed by atoms with van der Waals surface area (Å²) in [4.78, 5) is 4.58. The van der Waals surface area contributed by atoms with Crippen molar-refractivity contribution in [3.05, 3.63) is 59.9 Å². The summed E-state index contributed by atoms with van der Waals surface area (Å²) in [5.74, 6) is -0.880. The van der Waals surface area contributed by atoms with Crippen molar-refractivity contribution in [1.82, 2.24) is 9.55 Å². The first-order chi connectivity index (χ1) is 10.1. The van der Waals surface area contributed by atoms with Crippen molar-refractivity contribution >= 4 is 16.7 Å². The fraction of sp³-hybridized carbons (Fsp3) is 0.188. The first-order valence-electron chi connectivity index (χ1n) is 6.69. The molecule has 0 aliphatic carbocycles. The summed E-state index contributed by atoms with van der Waals surface area (Å²) in [6.45, 7) is 1.93. The smallest absolute Gasteiger partial charge is 0.160 e. The monoisotopic (exact) mass is 287 g/mol. The Kier molecular flexibility index (Phi) is 3.33. The van der Waals surface area contributed by atoms with Crippen LogP contribution in [0.1, 0.15) is 18.8 Å². The van der Waals surface area contributed by atoms with Crippen LogP contribution in [0.2, 0.25) is 0 Å². The molecule has 0 fully saturated rings. The average molecular weight is 287 g/mol. The predicted molar refractivity (Wildman–Crippen MR) is 79.1 cm³/mol. The van der Waals surface area contributed by atoms with Crippen molar-refractivity contribution in [2.45, 2.75) is 13.0 Å². The zero-order chi connectivity index (χ0) is 15.0. The van der Waals surface area contributed by atoms with Gasteiger partial charge in [-0.1, -0.05) is 12.1 Å². The molecule has 0 aliphatic heterocycles. The molecule has 1 unspecified atom stereocenters. The molecular weight excluding hydrogens is 272 g/mol. The molecule has 21 heavy (non-hydrogen) atoms. The normalized spacial score (nSPS) is 12.6. The Morgan fingerprint density at radius 1 is 1.10 bits per heavy atom.